The molecule has 0 atom stereocenters. The largest absolute Gasteiger partial charge is 0.489 e. The van der Waals surface area contributed by atoms with Crippen molar-refractivity contribution in [3.05, 3.63) is 63.7 Å². The zero-order valence-electron chi connectivity index (χ0n) is 16.5. The molecule has 0 fully saturated rings. The molecular formula is C22H29ClO3. The summed E-state index contributed by atoms with van der Waals surface area (Å²) < 4.78 is 17.1. The first kappa shape index (κ1) is 20.8. The normalized spacial score (nSPS) is 11.6. The van der Waals surface area contributed by atoms with Crippen molar-refractivity contribution in [3.63, 3.8) is 0 Å². The highest BCUT2D eigenvalue weighted by Gasteiger charge is 2.19. The number of benzene rings is 2. The predicted octanol–water partition coefficient (Wildman–Crippen LogP) is 6.46. The van der Waals surface area contributed by atoms with Crippen LogP contribution in [-0.2, 0) is 16.1 Å². The lowest BCUT2D eigenvalue weighted by Gasteiger charge is -2.21. The molecule has 0 saturated heterocycles. The zero-order valence-corrected chi connectivity index (χ0v) is 17.3. The van der Waals surface area contributed by atoms with Gasteiger partial charge in [-0.2, -0.15) is 0 Å². The third-order valence-electron chi connectivity index (χ3n) is 4.52. The minimum absolute atomic E-state index is 0.385. The second-order valence-electron chi connectivity index (χ2n) is 7.01. The number of ether oxygens (including phenoxy) is 3. The van der Waals surface area contributed by atoms with E-state index in [9.17, 15) is 0 Å². The molecule has 0 bridgehead atoms. The third-order valence-corrected chi connectivity index (χ3v) is 4.85. The molecule has 2 aromatic rings. The molecule has 0 aliphatic rings. The predicted molar refractivity (Wildman–Crippen MR) is 107 cm³/mol. The van der Waals surface area contributed by atoms with Gasteiger partial charge < -0.3 is 14.2 Å². The topological polar surface area (TPSA) is 27.7 Å². The SMILES string of the molecule is COC(OC)c1c(Cl)cccc1COc1cc(C(C)C)ccc1C(C)C. The molecule has 0 amide bonds. The molecule has 0 unspecified atom stereocenters. The van der Waals surface area contributed by atoms with Gasteiger partial charge in [-0.15, -0.1) is 0 Å². The fraction of sp³-hybridized carbons (Fsp3) is 0.455. The van der Waals surface area contributed by atoms with Crippen molar-refractivity contribution >= 4 is 11.6 Å². The molecule has 0 aromatic heterocycles. The summed E-state index contributed by atoms with van der Waals surface area (Å²) in [6.45, 7) is 9.12. The molecule has 0 aliphatic heterocycles. The summed E-state index contributed by atoms with van der Waals surface area (Å²) in [6.07, 6.45) is -0.520. The van der Waals surface area contributed by atoms with Crippen molar-refractivity contribution in [3.8, 4) is 5.75 Å². The Morgan fingerprint density at radius 1 is 0.923 bits per heavy atom. The van der Waals surface area contributed by atoms with Gasteiger partial charge in [0.25, 0.3) is 0 Å². The minimum atomic E-state index is -0.520. The summed E-state index contributed by atoms with van der Waals surface area (Å²) in [6, 6.07) is 12.2. The molecule has 4 heteroatoms. The third kappa shape index (κ3) is 4.79. The maximum Gasteiger partial charge on any atom is 0.184 e. The van der Waals surface area contributed by atoms with Crippen LogP contribution in [0.5, 0.6) is 5.75 Å². The van der Waals surface area contributed by atoms with Crippen molar-refractivity contribution in [2.24, 2.45) is 0 Å². The highest BCUT2D eigenvalue weighted by Crippen LogP contribution is 2.33. The first-order valence-corrected chi connectivity index (χ1v) is 9.36. The van der Waals surface area contributed by atoms with E-state index in [1.54, 1.807) is 14.2 Å². The first-order chi connectivity index (χ1) is 12.4. The van der Waals surface area contributed by atoms with E-state index in [1.165, 1.54) is 11.1 Å². The van der Waals surface area contributed by atoms with Gasteiger partial charge in [-0.25, -0.2) is 0 Å². The average molecular weight is 377 g/mol. The van der Waals surface area contributed by atoms with Crippen LogP contribution in [0.15, 0.2) is 36.4 Å². The molecule has 0 heterocycles. The number of hydrogen-bond donors (Lipinski definition) is 0. The maximum absolute atomic E-state index is 6.40. The Morgan fingerprint density at radius 2 is 1.62 bits per heavy atom. The van der Waals surface area contributed by atoms with E-state index in [0.717, 1.165) is 16.9 Å². The van der Waals surface area contributed by atoms with Crippen molar-refractivity contribution in [1.29, 1.82) is 0 Å². The van der Waals surface area contributed by atoms with Gasteiger partial charge >= 0.3 is 0 Å². The summed E-state index contributed by atoms with van der Waals surface area (Å²) in [4.78, 5) is 0. The lowest BCUT2D eigenvalue weighted by Crippen LogP contribution is -2.10. The first-order valence-electron chi connectivity index (χ1n) is 8.98. The van der Waals surface area contributed by atoms with Crippen LogP contribution in [0.2, 0.25) is 5.02 Å². The van der Waals surface area contributed by atoms with Crippen LogP contribution in [0.1, 0.15) is 68.1 Å². The van der Waals surface area contributed by atoms with Gasteiger partial charge in [-0.05, 0) is 40.7 Å². The molecule has 2 rings (SSSR count). The van der Waals surface area contributed by atoms with Gasteiger partial charge in [0.05, 0.1) is 0 Å². The second kappa shape index (κ2) is 9.40. The standard InChI is InChI=1S/C22H29ClO3/c1-14(2)16-10-11-18(15(3)4)20(12-16)26-13-17-8-7-9-19(23)21(17)22(24-5)25-6/h7-12,14-15,22H,13H2,1-6H3. The van der Waals surface area contributed by atoms with Gasteiger partial charge in [-0.1, -0.05) is 63.6 Å². The van der Waals surface area contributed by atoms with E-state index in [2.05, 4.69) is 45.9 Å². The van der Waals surface area contributed by atoms with Gasteiger partial charge in [-0.3, -0.25) is 0 Å². The van der Waals surface area contributed by atoms with Crippen LogP contribution in [0.4, 0.5) is 0 Å². The van der Waals surface area contributed by atoms with Gasteiger partial charge in [0.2, 0.25) is 0 Å². The smallest absolute Gasteiger partial charge is 0.184 e. The van der Waals surface area contributed by atoms with Crippen LogP contribution < -0.4 is 4.74 Å². The summed E-state index contributed by atoms with van der Waals surface area (Å²) in [5, 5.41) is 0.611. The molecule has 0 spiro atoms. The number of halogens is 1. The summed E-state index contributed by atoms with van der Waals surface area (Å²) >= 11 is 6.40. The Hall–Kier alpha value is -1.55. The average Bonchev–Trinajstić information content (AvgIpc) is 2.62. The summed E-state index contributed by atoms with van der Waals surface area (Å²) in [5.41, 5.74) is 4.23. The van der Waals surface area contributed by atoms with Crippen LogP contribution in [0.25, 0.3) is 0 Å². The van der Waals surface area contributed by atoms with Crippen LogP contribution >= 0.6 is 11.6 Å². The van der Waals surface area contributed by atoms with E-state index in [1.807, 2.05) is 18.2 Å². The molecule has 26 heavy (non-hydrogen) atoms. The Kier molecular flexibility index (Phi) is 7.51. The number of hydrogen-bond acceptors (Lipinski definition) is 3. The van der Waals surface area contributed by atoms with Crippen molar-refractivity contribution in [2.45, 2.75) is 52.4 Å². The quantitative estimate of drug-likeness (QED) is 0.495. The van der Waals surface area contributed by atoms with E-state index < -0.39 is 6.29 Å². The van der Waals surface area contributed by atoms with E-state index >= 15 is 0 Å². The molecule has 2 aromatic carbocycles. The Labute approximate surface area is 162 Å². The van der Waals surface area contributed by atoms with Crippen LogP contribution in [-0.4, -0.2) is 14.2 Å². The summed E-state index contributed by atoms with van der Waals surface area (Å²) in [7, 11) is 3.20. The van der Waals surface area contributed by atoms with Crippen molar-refractivity contribution in [1.82, 2.24) is 0 Å². The lowest BCUT2D eigenvalue weighted by atomic mass is 9.96. The number of methoxy groups -OCH3 is 2. The van der Waals surface area contributed by atoms with E-state index in [0.29, 0.717) is 23.5 Å². The Bertz CT molecular complexity index is 721. The highest BCUT2D eigenvalue weighted by molar-refractivity contribution is 6.31. The molecule has 3 nitrogen and oxygen atoms in total. The fourth-order valence-electron chi connectivity index (χ4n) is 2.97. The molecule has 142 valence electrons. The fourth-order valence-corrected chi connectivity index (χ4v) is 3.25. The van der Waals surface area contributed by atoms with Crippen molar-refractivity contribution in [2.75, 3.05) is 14.2 Å². The Morgan fingerprint density at radius 3 is 2.19 bits per heavy atom. The second-order valence-corrected chi connectivity index (χ2v) is 7.42. The lowest BCUT2D eigenvalue weighted by molar-refractivity contribution is -0.106. The minimum Gasteiger partial charge on any atom is -0.489 e. The van der Waals surface area contributed by atoms with Gasteiger partial charge in [0.1, 0.15) is 12.4 Å². The molecule has 0 aliphatic carbocycles. The summed E-state index contributed by atoms with van der Waals surface area (Å²) in [5.74, 6) is 1.76. The molecule has 0 radical (unpaired) electrons. The Balaban J connectivity index is 2.34. The van der Waals surface area contributed by atoms with Gasteiger partial charge in [0, 0.05) is 24.8 Å². The van der Waals surface area contributed by atoms with Gasteiger partial charge in [0.15, 0.2) is 6.29 Å². The van der Waals surface area contributed by atoms with Crippen LogP contribution in [0, 0.1) is 0 Å². The van der Waals surface area contributed by atoms with E-state index in [-0.39, 0.29) is 0 Å². The van der Waals surface area contributed by atoms with Crippen LogP contribution in [0.3, 0.4) is 0 Å². The molecule has 0 N–H and O–H groups in total. The molecular weight excluding hydrogens is 348 g/mol. The maximum atomic E-state index is 6.40. The monoisotopic (exact) mass is 376 g/mol. The van der Waals surface area contributed by atoms with E-state index in [4.69, 9.17) is 25.8 Å². The zero-order chi connectivity index (χ0) is 19.3. The number of rotatable bonds is 8. The molecule has 0 saturated carbocycles. The van der Waals surface area contributed by atoms with Crippen molar-refractivity contribution < 1.29 is 14.2 Å². The highest BCUT2D eigenvalue weighted by atomic mass is 35.5.